The number of nitrogens with one attached hydrogen (secondary N) is 1. The normalized spacial score (nSPS) is 11.1. The topological polar surface area (TPSA) is 37.8 Å². The molecule has 2 aromatic rings. The number of hydrogen-bond donors (Lipinski definition) is 1. The van der Waals surface area contributed by atoms with E-state index in [1.54, 1.807) is 0 Å². The van der Waals surface area contributed by atoms with Crippen LogP contribution in [0.2, 0.25) is 0 Å². The lowest BCUT2D eigenvalue weighted by Crippen LogP contribution is -2.19. The fraction of sp³-hybridized carbons (Fsp3) is 0.444. The van der Waals surface area contributed by atoms with Crippen LogP contribution >= 0.6 is 0 Å². The summed E-state index contributed by atoms with van der Waals surface area (Å²) in [5.41, 5.74) is 5.00. The summed E-state index contributed by atoms with van der Waals surface area (Å²) in [7, 11) is 0. The lowest BCUT2D eigenvalue weighted by Gasteiger charge is -2.08. The third-order valence-corrected chi connectivity index (χ3v) is 3.28. The summed E-state index contributed by atoms with van der Waals surface area (Å²) in [4.78, 5) is 8.96. The molecule has 2 rings (SSSR count). The molecule has 3 nitrogen and oxygen atoms in total. The number of benzene rings is 1. The van der Waals surface area contributed by atoms with E-state index in [0.29, 0.717) is 5.92 Å². The summed E-state index contributed by atoms with van der Waals surface area (Å²) >= 11 is 0. The smallest absolute Gasteiger partial charge is 0.132 e. The van der Waals surface area contributed by atoms with Gasteiger partial charge in [-0.1, -0.05) is 43.2 Å². The van der Waals surface area contributed by atoms with Crippen LogP contribution < -0.4 is 5.32 Å². The van der Waals surface area contributed by atoms with Crippen LogP contribution in [0.15, 0.2) is 30.6 Å². The molecule has 0 radical (unpaired) electrons. The van der Waals surface area contributed by atoms with E-state index in [1.807, 2.05) is 12.4 Å². The zero-order valence-electron chi connectivity index (χ0n) is 13.5. The number of rotatable bonds is 6. The molecule has 21 heavy (non-hydrogen) atoms. The Morgan fingerprint density at radius 2 is 1.57 bits per heavy atom. The molecule has 0 saturated carbocycles. The van der Waals surface area contributed by atoms with E-state index < -0.39 is 0 Å². The predicted molar refractivity (Wildman–Crippen MR) is 87.3 cm³/mol. The lowest BCUT2D eigenvalue weighted by molar-refractivity contribution is 0.551. The monoisotopic (exact) mass is 283 g/mol. The zero-order valence-corrected chi connectivity index (χ0v) is 13.5. The fourth-order valence-corrected chi connectivity index (χ4v) is 2.42. The van der Waals surface area contributed by atoms with Gasteiger partial charge in [0.05, 0.1) is 0 Å². The summed E-state index contributed by atoms with van der Waals surface area (Å²) in [6, 6.07) is 6.59. The van der Waals surface area contributed by atoms with Crippen LogP contribution in [0.25, 0.3) is 0 Å². The molecule has 112 valence electrons. The first-order valence-corrected chi connectivity index (χ1v) is 7.60. The van der Waals surface area contributed by atoms with Crippen molar-refractivity contribution < 1.29 is 0 Å². The molecule has 1 heterocycles. The Kier molecular flexibility index (Phi) is 5.45. The average Bonchev–Trinajstić information content (AvgIpc) is 2.39. The molecular weight excluding hydrogens is 258 g/mol. The molecule has 0 bridgehead atoms. The van der Waals surface area contributed by atoms with Crippen LogP contribution in [-0.2, 0) is 13.0 Å². The second-order valence-electron chi connectivity index (χ2n) is 6.21. The van der Waals surface area contributed by atoms with Gasteiger partial charge < -0.3 is 5.32 Å². The molecule has 0 amide bonds. The molecule has 0 aliphatic heterocycles. The largest absolute Gasteiger partial charge is 0.312 e. The van der Waals surface area contributed by atoms with Crippen LogP contribution in [0, 0.1) is 19.8 Å². The van der Waals surface area contributed by atoms with Crippen molar-refractivity contribution in [3.05, 3.63) is 58.7 Å². The van der Waals surface area contributed by atoms with E-state index in [9.17, 15) is 0 Å². The van der Waals surface area contributed by atoms with Gasteiger partial charge >= 0.3 is 0 Å². The van der Waals surface area contributed by atoms with Gasteiger partial charge in [0.25, 0.3) is 0 Å². The first-order valence-electron chi connectivity index (χ1n) is 7.60. The molecule has 0 unspecified atom stereocenters. The van der Waals surface area contributed by atoms with E-state index in [0.717, 1.165) is 30.9 Å². The maximum atomic E-state index is 4.48. The minimum atomic E-state index is 0.662. The summed E-state index contributed by atoms with van der Waals surface area (Å²) < 4.78 is 0. The molecule has 1 aromatic heterocycles. The molecular formula is C18H25N3. The van der Waals surface area contributed by atoms with Gasteiger partial charge in [-0.25, -0.2) is 9.97 Å². The molecule has 0 aliphatic carbocycles. The summed E-state index contributed by atoms with van der Waals surface area (Å²) in [5, 5.41) is 3.41. The van der Waals surface area contributed by atoms with Crippen LogP contribution in [0.4, 0.5) is 0 Å². The standard InChI is InChI=1S/C18H25N3/c1-13(2)9-19-10-17-11-20-18(21-12-17)8-16-6-14(3)5-15(4)7-16/h5-7,11-13,19H,8-10H2,1-4H3. The highest BCUT2D eigenvalue weighted by atomic mass is 14.9. The zero-order chi connectivity index (χ0) is 15.2. The highest BCUT2D eigenvalue weighted by Gasteiger charge is 2.02. The van der Waals surface area contributed by atoms with Crippen molar-refractivity contribution in [3.63, 3.8) is 0 Å². The second kappa shape index (κ2) is 7.32. The Hall–Kier alpha value is -1.74. The van der Waals surface area contributed by atoms with Crippen LogP contribution in [0.5, 0.6) is 0 Å². The minimum Gasteiger partial charge on any atom is -0.312 e. The molecule has 1 aromatic carbocycles. The quantitative estimate of drug-likeness (QED) is 0.882. The molecule has 1 N–H and O–H groups in total. The van der Waals surface area contributed by atoms with Gasteiger partial charge in [0.15, 0.2) is 0 Å². The number of nitrogens with zero attached hydrogens (tertiary/aromatic N) is 2. The molecule has 0 aliphatic rings. The Morgan fingerprint density at radius 1 is 0.952 bits per heavy atom. The molecule has 0 saturated heterocycles. The number of hydrogen-bond acceptors (Lipinski definition) is 3. The van der Waals surface area contributed by atoms with Crippen molar-refractivity contribution in [2.45, 2.75) is 40.7 Å². The van der Waals surface area contributed by atoms with Crippen molar-refractivity contribution in [2.24, 2.45) is 5.92 Å². The van der Waals surface area contributed by atoms with Crippen LogP contribution in [0.3, 0.4) is 0 Å². The third kappa shape index (κ3) is 5.27. The number of aryl methyl sites for hydroxylation is 2. The maximum absolute atomic E-state index is 4.48. The summed E-state index contributed by atoms with van der Waals surface area (Å²) in [6.45, 7) is 10.5. The molecule has 0 spiro atoms. The lowest BCUT2D eigenvalue weighted by atomic mass is 10.0. The van der Waals surface area contributed by atoms with Gasteiger partial charge in [-0.2, -0.15) is 0 Å². The molecule has 0 atom stereocenters. The minimum absolute atomic E-state index is 0.662. The maximum Gasteiger partial charge on any atom is 0.132 e. The van der Waals surface area contributed by atoms with Gasteiger partial charge in [-0.15, -0.1) is 0 Å². The van der Waals surface area contributed by atoms with Gasteiger partial charge in [-0.3, -0.25) is 0 Å². The third-order valence-electron chi connectivity index (χ3n) is 3.28. The van der Waals surface area contributed by atoms with Gasteiger partial charge in [0.1, 0.15) is 5.82 Å². The predicted octanol–water partition coefficient (Wildman–Crippen LogP) is 3.43. The van der Waals surface area contributed by atoms with Crippen molar-refractivity contribution >= 4 is 0 Å². The summed E-state index contributed by atoms with van der Waals surface area (Å²) in [6.07, 6.45) is 4.65. The Labute approximate surface area is 127 Å². The van der Waals surface area contributed by atoms with Gasteiger partial charge in [-0.05, 0) is 31.9 Å². The first-order chi connectivity index (χ1) is 10.0. The first kappa shape index (κ1) is 15.6. The molecule has 0 fully saturated rings. The van der Waals surface area contributed by atoms with Gasteiger partial charge in [0.2, 0.25) is 0 Å². The van der Waals surface area contributed by atoms with E-state index >= 15 is 0 Å². The number of aromatic nitrogens is 2. The van der Waals surface area contributed by atoms with E-state index in [4.69, 9.17) is 0 Å². The fourth-order valence-electron chi connectivity index (χ4n) is 2.42. The second-order valence-corrected chi connectivity index (χ2v) is 6.21. The van der Waals surface area contributed by atoms with Crippen molar-refractivity contribution in [3.8, 4) is 0 Å². The Balaban J connectivity index is 1.95. The van der Waals surface area contributed by atoms with E-state index in [-0.39, 0.29) is 0 Å². The Morgan fingerprint density at radius 3 is 2.14 bits per heavy atom. The SMILES string of the molecule is Cc1cc(C)cc(Cc2ncc(CNCC(C)C)cn2)c1. The molecule has 3 heteroatoms. The van der Waals surface area contributed by atoms with Crippen LogP contribution in [0.1, 0.15) is 41.9 Å². The van der Waals surface area contributed by atoms with Crippen molar-refractivity contribution in [1.82, 2.24) is 15.3 Å². The van der Waals surface area contributed by atoms with E-state index in [1.165, 1.54) is 16.7 Å². The Bertz CT molecular complexity index is 553. The van der Waals surface area contributed by atoms with Crippen LogP contribution in [-0.4, -0.2) is 16.5 Å². The highest BCUT2D eigenvalue weighted by molar-refractivity contribution is 5.30. The van der Waals surface area contributed by atoms with Crippen molar-refractivity contribution in [2.75, 3.05) is 6.54 Å². The van der Waals surface area contributed by atoms with Gasteiger partial charge in [0, 0.05) is 30.9 Å². The summed E-state index contributed by atoms with van der Waals surface area (Å²) in [5.74, 6) is 1.54. The highest BCUT2D eigenvalue weighted by Crippen LogP contribution is 2.11. The van der Waals surface area contributed by atoms with E-state index in [2.05, 4.69) is 61.2 Å². The van der Waals surface area contributed by atoms with Crippen molar-refractivity contribution in [1.29, 1.82) is 0 Å². The average molecular weight is 283 g/mol.